The quantitative estimate of drug-likeness (QED) is 0.109. The molecule has 1 saturated heterocycles. The van der Waals surface area contributed by atoms with Gasteiger partial charge in [-0.15, -0.1) is 0 Å². The molecule has 4 N–H and O–H groups in total. The first-order chi connectivity index (χ1) is 19.4. The lowest BCUT2D eigenvalue weighted by Gasteiger charge is -2.21. The number of nitrogens with one attached hydrogen (secondary N) is 2. The molecule has 1 aliphatic rings. The first-order valence-electron chi connectivity index (χ1n) is 12.3. The molecule has 1 heterocycles. The molecular weight excluding hydrogens is 578 g/mol. The number of nitrogens with zero attached hydrogens (tertiary/aromatic N) is 1. The first-order valence-corrected chi connectivity index (χ1v) is 13.1. The van der Waals surface area contributed by atoms with Gasteiger partial charge >= 0.3 is 5.97 Å². The summed E-state index contributed by atoms with van der Waals surface area (Å²) in [6.07, 6.45) is -0.487. The van der Waals surface area contributed by atoms with E-state index in [1.165, 1.54) is 49.6 Å². The minimum atomic E-state index is -1.62. The van der Waals surface area contributed by atoms with Gasteiger partial charge in [-0.3, -0.25) is 25.0 Å². The normalized spacial score (nSPS) is 19.9. The number of anilines is 2. The third kappa shape index (κ3) is 6.17. The SMILES string of the molecule is COC(=O)c1ccc(N)c(C(=O)C[C@@H]2N[C@@H](C(=O)Nc3cc(Cl)ccc3C)[C@@H](c3cccc(Cl)c3F)[C@@H]2[N+](=O)[O-])c1. The Labute approximate surface area is 244 Å². The van der Waals surface area contributed by atoms with Crippen LogP contribution in [0.3, 0.4) is 0 Å². The van der Waals surface area contributed by atoms with Gasteiger partial charge in [-0.25, -0.2) is 9.18 Å². The molecule has 0 spiro atoms. The summed E-state index contributed by atoms with van der Waals surface area (Å²) in [4.78, 5) is 50.7. The fourth-order valence-corrected chi connectivity index (χ4v) is 5.36. The van der Waals surface area contributed by atoms with Crippen molar-refractivity contribution in [1.29, 1.82) is 0 Å². The molecule has 0 bridgehead atoms. The van der Waals surface area contributed by atoms with E-state index in [0.29, 0.717) is 16.3 Å². The lowest BCUT2D eigenvalue weighted by molar-refractivity contribution is -0.526. The van der Waals surface area contributed by atoms with Gasteiger partial charge < -0.3 is 15.8 Å². The number of nitrogen functional groups attached to an aromatic ring is 1. The fourth-order valence-electron chi connectivity index (χ4n) is 5.01. The molecule has 0 aromatic heterocycles. The van der Waals surface area contributed by atoms with Gasteiger partial charge in [0.25, 0.3) is 0 Å². The average molecular weight is 603 g/mol. The summed E-state index contributed by atoms with van der Waals surface area (Å²) >= 11 is 12.1. The Morgan fingerprint density at radius 3 is 2.56 bits per heavy atom. The van der Waals surface area contributed by atoms with Gasteiger partial charge in [-0.2, -0.15) is 0 Å². The van der Waals surface area contributed by atoms with E-state index in [0.717, 1.165) is 0 Å². The molecule has 13 heteroatoms. The number of Topliss-reactive ketones (excluding diaryl/α,β-unsaturated/α-hetero) is 1. The number of carbonyl (C=O) groups excluding carboxylic acids is 3. The molecule has 41 heavy (non-hydrogen) atoms. The molecule has 0 saturated carbocycles. The number of carbonyl (C=O) groups is 3. The first kappa shape index (κ1) is 29.9. The summed E-state index contributed by atoms with van der Waals surface area (Å²) < 4.78 is 20.0. The molecule has 3 aromatic carbocycles. The maximum atomic E-state index is 15.3. The molecule has 4 rings (SSSR count). The van der Waals surface area contributed by atoms with Crippen molar-refractivity contribution in [3.8, 4) is 0 Å². The smallest absolute Gasteiger partial charge is 0.337 e. The number of ketones is 1. The van der Waals surface area contributed by atoms with Gasteiger partial charge in [0.15, 0.2) is 5.78 Å². The third-order valence-corrected chi connectivity index (χ3v) is 7.56. The summed E-state index contributed by atoms with van der Waals surface area (Å²) in [5.74, 6) is -4.29. The second-order valence-corrected chi connectivity index (χ2v) is 10.4. The van der Waals surface area contributed by atoms with Gasteiger partial charge in [0.05, 0.1) is 29.7 Å². The summed E-state index contributed by atoms with van der Waals surface area (Å²) in [5.41, 5.74) is 6.90. The molecular formula is C28H25Cl2FN4O6. The molecule has 1 aliphatic heterocycles. The Morgan fingerprint density at radius 2 is 1.88 bits per heavy atom. The van der Waals surface area contributed by atoms with E-state index < -0.39 is 58.9 Å². The van der Waals surface area contributed by atoms with Crippen molar-refractivity contribution in [3.05, 3.63) is 103 Å². The number of rotatable bonds is 8. The zero-order valence-corrected chi connectivity index (χ0v) is 23.3. The number of ether oxygens (including phenoxy) is 1. The van der Waals surface area contributed by atoms with Crippen LogP contribution in [0.1, 0.15) is 44.2 Å². The maximum absolute atomic E-state index is 15.3. The van der Waals surface area contributed by atoms with Crippen molar-refractivity contribution in [3.63, 3.8) is 0 Å². The average Bonchev–Trinajstić information content (AvgIpc) is 3.31. The molecule has 0 aliphatic carbocycles. The number of amides is 1. The van der Waals surface area contributed by atoms with Crippen molar-refractivity contribution in [2.24, 2.45) is 0 Å². The van der Waals surface area contributed by atoms with Crippen LogP contribution < -0.4 is 16.4 Å². The number of aryl methyl sites for hydroxylation is 1. The van der Waals surface area contributed by atoms with E-state index in [-0.39, 0.29) is 27.4 Å². The van der Waals surface area contributed by atoms with Gasteiger partial charge in [-0.05, 0) is 48.9 Å². The Kier molecular flexibility index (Phi) is 8.91. The molecule has 0 unspecified atom stereocenters. The van der Waals surface area contributed by atoms with E-state index in [1.54, 1.807) is 19.1 Å². The lowest BCUT2D eigenvalue weighted by atomic mass is 9.84. The largest absolute Gasteiger partial charge is 0.465 e. The number of hydrogen-bond acceptors (Lipinski definition) is 8. The van der Waals surface area contributed by atoms with Crippen LogP contribution in [0.4, 0.5) is 15.8 Å². The zero-order chi connectivity index (χ0) is 30.0. The van der Waals surface area contributed by atoms with Gasteiger partial charge in [0.2, 0.25) is 11.9 Å². The number of methoxy groups -OCH3 is 1. The van der Waals surface area contributed by atoms with Crippen LogP contribution in [0.15, 0.2) is 54.6 Å². The molecule has 1 fully saturated rings. The number of benzene rings is 3. The number of hydrogen-bond donors (Lipinski definition) is 3. The number of nitro groups is 1. The van der Waals surface area contributed by atoms with Crippen LogP contribution in [-0.2, 0) is 9.53 Å². The Hall–Kier alpha value is -4.06. The highest BCUT2D eigenvalue weighted by atomic mass is 35.5. The van der Waals surface area contributed by atoms with Crippen LogP contribution in [-0.4, -0.2) is 47.8 Å². The van der Waals surface area contributed by atoms with Crippen molar-refractivity contribution < 1.29 is 28.4 Å². The molecule has 3 aromatic rings. The minimum absolute atomic E-state index is 0.0430. The standard InChI is InChI=1S/C28H25Cl2FN4O6/c1-13-6-8-15(29)11-20(13)34-27(37)25-23(16-4-3-5-18(30)24(16)31)26(35(39)40)21(33-25)12-22(36)17-10-14(28(38)41-2)7-9-19(17)32/h3-11,21,23,25-26,33H,12,32H2,1-2H3,(H,34,37)/t21-,23+,25+,26+/m0/s1. The zero-order valence-electron chi connectivity index (χ0n) is 21.8. The van der Waals surface area contributed by atoms with Crippen LogP contribution >= 0.6 is 23.2 Å². The van der Waals surface area contributed by atoms with Crippen LogP contribution in [0.2, 0.25) is 10.0 Å². The number of halogens is 3. The van der Waals surface area contributed by atoms with E-state index in [2.05, 4.69) is 15.4 Å². The van der Waals surface area contributed by atoms with Crippen LogP contribution in [0, 0.1) is 22.9 Å². The highest BCUT2D eigenvalue weighted by Gasteiger charge is 2.55. The summed E-state index contributed by atoms with van der Waals surface area (Å²) in [5, 5.41) is 18.1. The molecule has 0 radical (unpaired) electrons. The Balaban J connectivity index is 1.74. The van der Waals surface area contributed by atoms with Gasteiger partial charge in [-0.1, -0.05) is 41.4 Å². The predicted octanol–water partition coefficient (Wildman–Crippen LogP) is 4.79. The van der Waals surface area contributed by atoms with Crippen molar-refractivity contribution >= 4 is 52.2 Å². The van der Waals surface area contributed by atoms with Crippen molar-refractivity contribution in [1.82, 2.24) is 5.32 Å². The van der Waals surface area contributed by atoms with Crippen LogP contribution in [0.25, 0.3) is 0 Å². The number of nitrogens with two attached hydrogens (primary N) is 1. The summed E-state index contributed by atoms with van der Waals surface area (Å²) in [6, 6.07) is 8.64. The topological polar surface area (TPSA) is 154 Å². The second-order valence-electron chi connectivity index (χ2n) is 9.57. The van der Waals surface area contributed by atoms with Crippen molar-refractivity contribution in [2.75, 3.05) is 18.2 Å². The van der Waals surface area contributed by atoms with E-state index in [9.17, 15) is 24.5 Å². The van der Waals surface area contributed by atoms with Crippen LogP contribution in [0.5, 0.6) is 0 Å². The van der Waals surface area contributed by atoms with Crippen molar-refractivity contribution in [2.45, 2.75) is 37.4 Å². The minimum Gasteiger partial charge on any atom is -0.465 e. The van der Waals surface area contributed by atoms with E-state index >= 15 is 4.39 Å². The maximum Gasteiger partial charge on any atom is 0.337 e. The molecule has 1 amide bonds. The third-order valence-electron chi connectivity index (χ3n) is 7.04. The highest BCUT2D eigenvalue weighted by molar-refractivity contribution is 6.31. The molecule has 4 atom stereocenters. The van der Waals surface area contributed by atoms with Gasteiger partial charge in [0.1, 0.15) is 11.9 Å². The number of esters is 1. The highest BCUT2D eigenvalue weighted by Crippen LogP contribution is 2.38. The monoisotopic (exact) mass is 602 g/mol. The summed E-state index contributed by atoms with van der Waals surface area (Å²) in [7, 11) is 1.18. The second kappa shape index (κ2) is 12.2. The Morgan fingerprint density at radius 1 is 1.15 bits per heavy atom. The Bertz CT molecular complexity index is 1550. The molecule has 10 nitrogen and oxygen atoms in total. The van der Waals surface area contributed by atoms with E-state index in [1.807, 2.05) is 0 Å². The predicted molar refractivity (Wildman–Crippen MR) is 152 cm³/mol. The lowest BCUT2D eigenvalue weighted by Crippen LogP contribution is -2.42. The van der Waals surface area contributed by atoms with Gasteiger partial charge in [0, 0.05) is 38.9 Å². The van der Waals surface area contributed by atoms with E-state index in [4.69, 9.17) is 28.9 Å². The fraction of sp³-hybridized carbons (Fsp3) is 0.250. The summed E-state index contributed by atoms with van der Waals surface area (Å²) in [6.45, 7) is 1.73. The molecule has 214 valence electrons.